The van der Waals surface area contributed by atoms with Gasteiger partial charge in [0.15, 0.2) is 0 Å². The summed E-state index contributed by atoms with van der Waals surface area (Å²) in [5.41, 5.74) is -5.01. The molecule has 0 aliphatic carbocycles. The zero-order valence-corrected chi connectivity index (χ0v) is 62.1. The average molecular weight is 1380 g/mol. The smallest absolute Gasteiger partial charge is 0.410 e. The van der Waals surface area contributed by atoms with Gasteiger partial charge in [-0.1, -0.05) is 0 Å². The summed E-state index contributed by atoms with van der Waals surface area (Å²) in [6, 6.07) is 1.54. The van der Waals surface area contributed by atoms with Gasteiger partial charge in [-0.2, -0.15) is 4.98 Å². The van der Waals surface area contributed by atoms with E-state index in [1.165, 1.54) is 10.8 Å². The van der Waals surface area contributed by atoms with Gasteiger partial charge in [0, 0.05) is 111 Å². The zero-order valence-electron chi connectivity index (χ0n) is 62.1. The molecule has 1 N–H and O–H groups in total. The SMILES string of the molecule is CC(C)(C)OC(=O)N1CCCN(C(=O)OC(C)(C)C)CCN(C(=O)OC(C)(C)C)CCCN(CCCCC(=O)Nc2ccn([C@H]3CC[C@@H](COC(=O)CCCCN4CCCN(C(=O)OC(C)(C)C)CCN(C(=O)OC(C)(C)C)CCCN(C(=O)OC(C)(C)C)CC4)O3)c(=O)n2)CC1. The Morgan fingerprint density at radius 1 is 0.433 bits per heavy atom. The van der Waals surface area contributed by atoms with Crippen molar-refractivity contribution in [2.75, 3.05) is 130 Å². The first-order chi connectivity index (χ1) is 45.0. The molecular weight excluding hydrogens is 1250 g/mol. The highest BCUT2D eigenvalue weighted by Gasteiger charge is 2.33. The fourth-order valence-electron chi connectivity index (χ4n) is 10.7. The Hall–Kier alpha value is -6.68. The van der Waals surface area contributed by atoms with Gasteiger partial charge in [0.2, 0.25) is 5.91 Å². The van der Waals surface area contributed by atoms with Crippen molar-refractivity contribution in [3.05, 3.63) is 22.7 Å². The summed E-state index contributed by atoms with van der Waals surface area (Å²) in [5.74, 6) is -0.593. The summed E-state index contributed by atoms with van der Waals surface area (Å²) in [4.78, 5) is 139. The van der Waals surface area contributed by atoms with Crippen molar-refractivity contribution in [3.8, 4) is 0 Å². The lowest BCUT2D eigenvalue weighted by atomic mass is 10.2. The molecule has 3 aliphatic heterocycles. The first kappa shape index (κ1) is 82.7. The Morgan fingerprint density at radius 3 is 1.08 bits per heavy atom. The third-order valence-corrected chi connectivity index (χ3v) is 15.2. The summed E-state index contributed by atoms with van der Waals surface area (Å²) in [5, 5.41) is 2.75. The van der Waals surface area contributed by atoms with Crippen LogP contribution < -0.4 is 11.0 Å². The minimum atomic E-state index is -0.741. The number of carbonyl (C=O) groups is 8. The van der Waals surface area contributed by atoms with E-state index in [0.717, 1.165) is 0 Å². The quantitative estimate of drug-likeness (QED) is 0.103. The first-order valence-corrected chi connectivity index (χ1v) is 35.0. The normalized spacial score (nSPS) is 19.0. The largest absolute Gasteiger partial charge is 0.463 e. The number of anilines is 1. The van der Waals surface area contributed by atoms with Crippen LogP contribution in [0.1, 0.15) is 208 Å². The van der Waals surface area contributed by atoms with Crippen LogP contribution in [0, 0.1) is 0 Å². The van der Waals surface area contributed by atoms with Crippen LogP contribution in [0.4, 0.5) is 34.6 Å². The van der Waals surface area contributed by atoms with Crippen molar-refractivity contribution in [1.82, 2.24) is 48.8 Å². The number of nitrogens with zero attached hydrogens (tertiary/aromatic N) is 10. The number of aromatic nitrogens is 2. The summed E-state index contributed by atoms with van der Waals surface area (Å²) < 4.78 is 47.8. The molecule has 3 fully saturated rings. The lowest BCUT2D eigenvalue weighted by Crippen LogP contribution is -2.47. The third kappa shape index (κ3) is 34.6. The van der Waals surface area contributed by atoms with Crippen molar-refractivity contribution in [1.29, 1.82) is 0 Å². The maximum atomic E-state index is 13.6. The second-order valence-electron chi connectivity index (χ2n) is 31.3. The lowest BCUT2D eigenvalue weighted by Gasteiger charge is -2.34. The highest BCUT2D eigenvalue weighted by atomic mass is 16.6. The molecule has 3 aliphatic rings. The van der Waals surface area contributed by atoms with Crippen LogP contribution in [-0.2, 0) is 47.5 Å². The van der Waals surface area contributed by atoms with E-state index < -0.39 is 88.2 Å². The van der Waals surface area contributed by atoms with Gasteiger partial charge in [-0.05, 0) is 221 Å². The standard InChI is InChI=1S/C69H121N11O17/c1-64(2,3)92-58(84)74-38-25-40-78(62(88)96-68(13,14)15)49-47-76(60(86)94-66(7,8)9)36-23-34-72(43-45-74)32-21-19-27-54(81)70-53-31-42-80(57(83)71-53)55-30-29-52(91-55)51-90-56(82)28-20-22-33-73-35-24-37-77(61(87)95-67(10,11)12)48-50-79(63(89)97-69(16,17)18)41-26-39-75(46-44-73)59(85)93-65(4,5)6/h31,42,52,55H,19-30,32-41,43-51H2,1-18H3,(H,70,71,81,83)/t52-,55+/m0/s1. The molecule has 554 valence electrons. The van der Waals surface area contributed by atoms with E-state index >= 15 is 0 Å². The lowest BCUT2D eigenvalue weighted by molar-refractivity contribution is -0.148. The number of carbonyl (C=O) groups excluding carboxylic acids is 8. The van der Waals surface area contributed by atoms with Gasteiger partial charge in [0.1, 0.15) is 52.3 Å². The van der Waals surface area contributed by atoms with Crippen LogP contribution in [0.5, 0.6) is 0 Å². The van der Waals surface area contributed by atoms with E-state index in [2.05, 4.69) is 20.1 Å². The molecule has 0 bridgehead atoms. The molecule has 1 aromatic heterocycles. The maximum Gasteiger partial charge on any atom is 0.410 e. The van der Waals surface area contributed by atoms with Crippen molar-refractivity contribution in [3.63, 3.8) is 0 Å². The second kappa shape index (κ2) is 38.0. The van der Waals surface area contributed by atoms with Gasteiger partial charge < -0.3 is 82.4 Å². The topological polar surface area (TPSA) is 283 Å². The number of hydrogen-bond donors (Lipinski definition) is 1. The molecule has 0 saturated carbocycles. The number of ether oxygens (including phenoxy) is 8. The number of hydrogen-bond acceptors (Lipinski definition) is 20. The zero-order chi connectivity index (χ0) is 72.5. The molecule has 2 atom stereocenters. The van der Waals surface area contributed by atoms with Gasteiger partial charge in [-0.3, -0.25) is 14.2 Å². The molecular formula is C69H121N11O17. The van der Waals surface area contributed by atoms with Crippen molar-refractivity contribution in [2.24, 2.45) is 0 Å². The minimum absolute atomic E-state index is 0.00856. The average Bonchev–Trinajstić information content (AvgIpc) is 1.77. The van der Waals surface area contributed by atoms with Crippen LogP contribution >= 0.6 is 0 Å². The van der Waals surface area contributed by atoms with Gasteiger partial charge in [0.25, 0.3) is 0 Å². The van der Waals surface area contributed by atoms with E-state index in [1.54, 1.807) is 97.8 Å². The molecule has 4 heterocycles. The predicted molar refractivity (Wildman–Crippen MR) is 367 cm³/mol. The highest BCUT2D eigenvalue weighted by molar-refractivity contribution is 5.89. The molecule has 3 saturated heterocycles. The van der Waals surface area contributed by atoms with E-state index in [1.807, 2.05) is 62.3 Å². The molecule has 1 aromatic rings. The Balaban J connectivity index is 1.29. The van der Waals surface area contributed by atoms with E-state index in [4.69, 9.17) is 37.9 Å². The number of amides is 7. The summed E-state index contributed by atoms with van der Waals surface area (Å²) in [7, 11) is 0. The molecule has 97 heavy (non-hydrogen) atoms. The van der Waals surface area contributed by atoms with Gasteiger partial charge in [0.05, 0.1) is 6.10 Å². The Morgan fingerprint density at radius 2 is 0.753 bits per heavy atom. The van der Waals surface area contributed by atoms with Gasteiger partial charge in [-0.25, -0.2) is 33.6 Å². The van der Waals surface area contributed by atoms with Crippen LogP contribution in [0.3, 0.4) is 0 Å². The predicted octanol–water partition coefficient (Wildman–Crippen LogP) is 10.4. The second-order valence-corrected chi connectivity index (χ2v) is 31.3. The van der Waals surface area contributed by atoms with Crippen LogP contribution in [0.2, 0.25) is 0 Å². The van der Waals surface area contributed by atoms with Crippen LogP contribution in [0.15, 0.2) is 17.1 Å². The number of unbranched alkanes of at least 4 members (excludes halogenated alkanes) is 2. The molecule has 0 aromatic carbocycles. The van der Waals surface area contributed by atoms with Crippen LogP contribution in [-0.4, -0.2) is 261 Å². The molecule has 0 radical (unpaired) electrons. The summed E-state index contributed by atoms with van der Waals surface area (Å²) in [6.07, 6.45) is 3.18. The summed E-state index contributed by atoms with van der Waals surface area (Å²) >= 11 is 0. The first-order valence-electron chi connectivity index (χ1n) is 35.0. The minimum Gasteiger partial charge on any atom is -0.463 e. The molecule has 4 rings (SSSR count). The Labute approximate surface area is 577 Å². The summed E-state index contributed by atoms with van der Waals surface area (Å²) in [6.45, 7) is 39.2. The van der Waals surface area contributed by atoms with E-state index in [0.29, 0.717) is 143 Å². The van der Waals surface area contributed by atoms with Crippen molar-refractivity contribution >= 4 is 54.3 Å². The monoisotopic (exact) mass is 1380 g/mol. The molecule has 0 spiro atoms. The fourth-order valence-corrected chi connectivity index (χ4v) is 10.7. The molecule has 28 nitrogen and oxygen atoms in total. The van der Waals surface area contributed by atoms with E-state index in [-0.39, 0.29) is 76.4 Å². The number of rotatable bonds is 14. The third-order valence-electron chi connectivity index (χ3n) is 15.2. The molecule has 0 unspecified atom stereocenters. The fraction of sp³-hybridized carbons (Fsp3) is 0.826. The number of nitrogens with one attached hydrogen (secondary N) is 1. The Bertz CT molecular complexity index is 2740. The van der Waals surface area contributed by atoms with Crippen LogP contribution in [0.25, 0.3) is 0 Å². The Kier molecular flexibility index (Phi) is 32.5. The highest BCUT2D eigenvalue weighted by Crippen LogP contribution is 2.28. The number of esters is 1. The van der Waals surface area contributed by atoms with Crippen molar-refractivity contribution < 1.29 is 76.3 Å². The van der Waals surface area contributed by atoms with Gasteiger partial charge in [-0.15, -0.1) is 0 Å². The van der Waals surface area contributed by atoms with Gasteiger partial charge >= 0.3 is 48.2 Å². The van der Waals surface area contributed by atoms with Crippen molar-refractivity contribution in [2.45, 2.75) is 248 Å². The molecule has 28 heteroatoms. The molecule has 7 amide bonds. The van der Waals surface area contributed by atoms with E-state index in [9.17, 15) is 43.2 Å². The maximum absolute atomic E-state index is 13.6.